The summed E-state index contributed by atoms with van der Waals surface area (Å²) in [5.74, 6) is 1.31. The summed E-state index contributed by atoms with van der Waals surface area (Å²) in [7, 11) is 0. The molecule has 0 radical (unpaired) electrons. The van der Waals surface area contributed by atoms with Crippen LogP contribution in [0.2, 0.25) is 0 Å². The molecular weight excluding hydrogens is 326 g/mol. The number of quaternary nitrogens is 1. The Hall–Kier alpha value is -0.610. The Kier molecular flexibility index (Phi) is 3.53. The molecule has 0 aromatic carbocycles. The number of piperidine rings is 3. The van der Waals surface area contributed by atoms with E-state index in [9.17, 15) is 15.0 Å². The van der Waals surface area contributed by atoms with Crippen molar-refractivity contribution in [3.05, 3.63) is 0 Å². The van der Waals surface area contributed by atoms with Crippen LogP contribution < -0.4 is 10.0 Å². The van der Waals surface area contributed by atoms with Crippen molar-refractivity contribution in [1.29, 1.82) is 0 Å². The number of nitrogens with one attached hydrogen (secondary N) is 1. The number of carbonyl (C=O) groups is 1. The first kappa shape index (κ1) is 17.5. The van der Waals surface area contributed by atoms with Crippen LogP contribution in [0.4, 0.5) is 0 Å². The normalized spacial score (nSPS) is 56.8. The van der Waals surface area contributed by atoms with Crippen LogP contribution >= 0.6 is 0 Å². The van der Waals surface area contributed by atoms with Crippen LogP contribution in [0.15, 0.2) is 0 Å². The second-order valence-electron chi connectivity index (χ2n) is 10.9. The van der Waals surface area contributed by atoms with Crippen molar-refractivity contribution in [2.45, 2.75) is 89.8 Å². The lowest BCUT2D eigenvalue weighted by atomic mass is 9.30. The van der Waals surface area contributed by atoms with Crippen LogP contribution in [-0.2, 0) is 4.79 Å². The molecule has 4 nitrogen and oxygen atoms in total. The smallest absolute Gasteiger partial charge is 0.0998 e. The second kappa shape index (κ2) is 5.26. The summed E-state index contributed by atoms with van der Waals surface area (Å²) in [6, 6.07) is 1.04. The van der Waals surface area contributed by atoms with E-state index in [2.05, 4.69) is 20.8 Å². The van der Waals surface area contributed by atoms with Crippen LogP contribution in [0.5, 0.6) is 0 Å². The molecule has 4 heteroatoms. The van der Waals surface area contributed by atoms with Crippen LogP contribution in [0.25, 0.3) is 0 Å². The highest BCUT2D eigenvalue weighted by molar-refractivity contribution is 5.64. The number of carboxylic acid groups (broad SMARTS) is 1. The van der Waals surface area contributed by atoms with Gasteiger partial charge in [-0.2, -0.15) is 0 Å². The first-order valence-electron chi connectivity index (χ1n) is 11.0. The van der Waals surface area contributed by atoms with Gasteiger partial charge in [0.1, 0.15) is 0 Å². The predicted octanol–water partition coefficient (Wildman–Crippen LogP) is 0.776. The number of aliphatic hydroxyl groups is 1. The van der Waals surface area contributed by atoms with Crippen molar-refractivity contribution in [2.75, 3.05) is 6.54 Å². The second-order valence-corrected chi connectivity index (χ2v) is 10.9. The van der Waals surface area contributed by atoms with E-state index in [0.29, 0.717) is 42.2 Å². The molecule has 0 aromatic heterocycles. The van der Waals surface area contributed by atoms with Crippen molar-refractivity contribution in [3.8, 4) is 0 Å². The van der Waals surface area contributed by atoms with Gasteiger partial charge >= 0.3 is 0 Å². The van der Waals surface area contributed by atoms with Gasteiger partial charge in [-0.25, -0.2) is 0 Å². The molecule has 2 unspecified atom stereocenters. The van der Waals surface area contributed by atoms with Gasteiger partial charge in [0.15, 0.2) is 0 Å². The average Bonchev–Trinajstić information content (AvgIpc) is 2.57. The fraction of sp³-hybridized carbons (Fsp3) is 0.955. The minimum atomic E-state index is -0.940. The zero-order valence-corrected chi connectivity index (χ0v) is 16.6. The minimum Gasteiger partial charge on any atom is -0.550 e. The summed E-state index contributed by atoms with van der Waals surface area (Å²) in [6.07, 6.45) is 7.57. The van der Waals surface area contributed by atoms with Crippen molar-refractivity contribution in [1.82, 2.24) is 0 Å². The Morgan fingerprint density at radius 2 is 2.08 bits per heavy atom. The Labute approximate surface area is 157 Å². The molecule has 6 rings (SSSR count). The molecule has 3 aliphatic heterocycles. The van der Waals surface area contributed by atoms with Gasteiger partial charge in [-0.15, -0.1) is 0 Å². The first-order chi connectivity index (χ1) is 12.3. The molecule has 8 bridgehead atoms. The van der Waals surface area contributed by atoms with Gasteiger partial charge in [-0.1, -0.05) is 20.8 Å². The standard InChI is InChI=1S/C22H35NO3/c1-13(2)15-6-9-20(3)14-11-16-17-5-4-8-22(16,26)21(20,10-7-18(24)25)19(15)23(17)12-14/h13-17,19,26H,4-12H2,1-3H3,(H,24,25)/t14-,15-,16-,17?,19+,20+,21+,22+/m1/s1. The van der Waals surface area contributed by atoms with Crippen molar-refractivity contribution < 1.29 is 19.9 Å². The maximum atomic E-state index is 12.3. The maximum absolute atomic E-state index is 12.3. The van der Waals surface area contributed by atoms with E-state index in [0.717, 1.165) is 19.3 Å². The molecule has 9 atom stereocenters. The fourth-order valence-corrected chi connectivity index (χ4v) is 9.51. The quantitative estimate of drug-likeness (QED) is 0.778. The Balaban J connectivity index is 1.72. The SMILES string of the molecule is CC(C)[C@H]1CC[C@@]2(C)[C@@H]3C[C@@H]4C5CCC[C@@]4(O)[C@@]2(CCC(=O)[O-])[C@H]1[NH+]5C3. The van der Waals surface area contributed by atoms with E-state index >= 15 is 0 Å². The summed E-state index contributed by atoms with van der Waals surface area (Å²) in [5.41, 5.74) is -0.792. The fourth-order valence-electron chi connectivity index (χ4n) is 9.51. The maximum Gasteiger partial charge on any atom is 0.0998 e. The third-order valence-corrected chi connectivity index (χ3v) is 10.3. The molecule has 3 aliphatic carbocycles. The van der Waals surface area contributed by atoms with Crippen molar-refractivity contribution in [2.24, 2.45) is 34.5 Å². The monoisotopic (exact) mass is 361 g/mol. The van der Waals surface area contributed by atoms with E-state index in [4.69, 9.17) is 0 Å². The molecule has 26 heavy (non-hydrogen) atoms. The van der Waals surface area contributed by atoms with E-state index < -0.39 is 11.6 Å². The first-order valence-corrected chi connectivity index (χ1v) is 11.0. The summed E-state index contributed by atoms with van der Waals surface area (Å²) in [5, 5.41) is 23.8. The number of aliphatic carboxylic acids is 1. The van der Waals surface area contributed by atoms with Crippen LogP contribution in [0, 0.1) is 34.5 Å². The molecule has 146 valence electrons. The Morgan fingerprint density at radius 1 is 1.31 bits per heavy atom. The van der Waals surface area contributed by atoms with Crippen molar-refractivity contribution in [3.63, 3.8) is 0 Å². The topological polar surface area (TPSA) is 64.8 Å². The van der Waals surface area contributed by atoms with Gasteiger partial charge in [-0.3, -0.25) is 0 Å². The highest BCUT2D eigenvalue weighted by Crippen LogP contribution is 2.73. The predicted molar refractivity (Wildman–Crippen MR) is 96.1 cm³/mol. The van der Waals surface area contributed by atoms with Gasteiger partial charge in [0, 0.05) is 23.7 Å². The van der Waals surface area contributed by atoms with E-state index in [-0.39, 0.29) is 17.3 Å². The molecule has 3 saturated carbocycles. The minimum absolute atomic E-state index is 0.0928. The molecule has 6 aliphatic rings. The zero-order valence-electron chi connectivity index (χ0n) is 16.6. The lowest BCUT2D eigenvalue weighted by Crippen LogP contribution is -3.29. The third-order valence-electron chi connectivity index (χ3n) is 10.3. The number of carboxylic acids is 1. The molecule has 0 aromatic rings. The number of hydrogen-bond donors (Lipinski definition) is 2. The highest BCUT2D eigenvalue weighted by Gasteiger charge is 2.83. The van der Waals surface area contributed by atoms with Crippen molar-refractivity contribution >= 4 is 5.97 Å². The molecule has 0 amide bonds. The summed E-state index contributed by atoms with van der Waals surface area (Å²) in [6.45, 7) is 8.36. The van der Waals surface area contributed by atoms with Crippen LogP contribution in [0.1, 0.15) is 72.1 Å². The molecule has 3 heterocycles. The van der Waals surface area contributed by atoms with Crippen LogP contribution in [0.3, 0.4) is 0 Å². The van der Waals surface area contributed by atoms with Gasteiger partial charge < -0.3 is 19.9 Å². The number of carbonyl (C=O) groups excluding carboxylic acids is 1. The lowest BCUT2D eigenvalue weighted by molar-refractivity contribution is -1.00. The summed E-state index contributed by atoms with van der Waals surface area (Å²) >= 11 is 0. The Bertz CT molecular complexity index is 635. The van der Waals surface area contributed by atoms with E-state index in [1.165, 1.54) is 25.8 Å². The lowest BCUT2D eigenvalue weighted by Gasteiger charge is -2.80. The van der Waals surface area contributed by atoms with E-state index in [1.54, 1.807) is 4.90 Å². The summed E-state index contributed by atoms with van der Waals surface area (Å²) < 4.78 is 0. The number of rotatable bonds is 4. The van der Waals surface area contributed by atoms with Gasteiger partial charge in [0.05, 0.1) is 29.6 Å². The molecular formula is C22H35NO3. The molecule has 2 N–H and O–H groups in total. The summed E-state index contributed by atoms with van der Waals surface area (Å²) in [4.78, 5) is 13.3. The van der Waals surface area contributed by atoms with Crippen LogP contribution in [-0.4, -0.2) is 35.3 Å². The largest absolute Gasteiger partial charge is 0.550 e. The van der Waals surface area contributed by atoms with Gasteiger partial charge in [0.2, 0.25) is 0 Å². The Morgan fingerprint density at radius 3 is 2.77 bits per heavy atom. The molecule has 3 saturated heterocycles. The average molecular weight is 362 g/mol. The van der Waals surface area contributed by atoms with Gasteiger partial charge in [0.25, 0.3) is 0 Å². The van der Waals surface area contributed by atoms with E-state index in [1.807, 2.05) is 0 Å². The third kappa shape index (κ3) is 1.73. The highest BCUT2D eigenvalue weighted by atomic mass is 16.4. The molecule has 0 spiro atoms. The zero-order chi connectivity index (χ0) is 18.5. The number of hydrogen-bond acceptors (Lipinski definition) is 3. The molecule has 6 fully saturated rings. The van der Waals surface area contributed by atoms with Gasteiger partial charge in [-0.05, 0) is 62.7 Å².